The van der Waals surface area contributed by atoms with Crippen LogP contribution in [0.1, 0.15) is 193 Å². The van der Waals surface area contributed by atoms with Gasteiger partial charge in [-0.3, -0.25) is 0 Å². The third kappa shape index (κ3) is 47.7. The van der Waals surface area contributed by atoms with Gasteiger partial charge in [-0.05, 0) is 0 Å². The van der Waals surface area contributed by atoms with E-state index in [1.807, 2.05) is 0 Å². The second-order valence-corrected chi connectivity index (χ2v) is 11.2. The number of hydrogen-bond donors (Lipinski definition) is 4. The zero-order chi connectivity index (χ0) is 28.4. The SMILES string of the molecule is C1CCCCCCCCC1.C1CCCCCCCCC1.C1CCCCCCCCC1.O=C(O)O.O=C(O)O. The molecule has 228 valence electrons. The van der Waals surface area contributed by atoms with Crippen molar-refractivity contribution in [1.29, 1.82) is 0 Å². The van der Waals surface area contributed by atoms with Gasteiger partial charge in [-0.15, -0.1) is 0 Å². The van der Waals surface area contributed by atoms with Crippen LogP contribution in [0.3, 0.4) is 0 Å². The molecule has 3 rings (SSSR count). The van der Waals surface area contributed by atoms with Crippen molar-refractivity contribution in [1.82, 2.24) is 0 Å². The zero-order valence-corrected chi connectivity index (χ0v) is 24.8. The van der Waals surface area contributed by atoms with Crippen LogP contribution in [0, 0.1) is 0 Å². The van der Waals surface area contributed by atoms with Gasteiger partial charge in [-0.1, -0.05) is 193 Å². The second kappa shape index (κ2) is 35.5. The van der Waals surface area contributed by atoms with Gasteiger partial charge in [0.05, 0.1) is 0 Å². The minimum absolute atomic E-state index is 1.50. The maximum Gasteiger partial charge on any atom is 0.503 e. The Hall–Kier alpha value is -1.46. The van der Waals surface area contributed by atoms with E-state index in [0.29, 0.717) is 0 Å². The number of rotatable bonds is 0. The Balaban J connectivity index is 0. The Labute approximate surface area is 235 Å². The summed E-state index contributed by atoms with van der Waals surface area (Å²) >= 11 is 0. The molecule has 38 heavy (non-hydrogen) atoms. The lowest BCUT2D eigenvalue weighted by atomic mass is 10.0. The molecule has 3 saturated carbocycles. The molecule has 6 nitrogen and oxygen atoms in total. The third-order valence-electron chi connectivity index (χ3n) is 7.50. The lowest BCUT2D eigenvalue weighted by Gasteiger charge is -2.05. The molecule has 0 heterocycles. The first-order valence-corrected chi connectivity index (χ1v) is 16.3. The predicted molar refractivity (Wildman–Crippen MR) is 160 cm³/mol. The van der Waals surface area contributed by atoms with Gasteiger partial charge >= 0.3 is 12.3 Å². The fourth-order valence-corrected chi connectivity index (χ4v) is 5.30. The normalized spacial score (nSPS) is 20.2. The average molecular weight is 545 g/mol. The summed E-state index contributed by atoms with van der Waals surface area (Å²) in [5.74, 6) is 0. The topological polar surface area (TPSA) is 115 Å². The molecule has 0 aliphatic heterocycles. The van der Waals surface area contributed by atoms with E-state index in [0.717, 1.165) is 0 Å². The largest absolute Gasteiger partial charge is 0.503 e. The number of carbonyl (C=O) groups is 2. The molecule has 3 aliphatic carbocycles. The molecule has 0 aromatic heterocycles. The van der Waals surface area contributed by atoms with Crippen molar-refractivity contribution in [2.45, 2.75) is 193 Å². The summed E-state index contributed by atoms with van der Waals surface area (Å²) in [4.78, 5) is 17.1. The molecule has 3 fully saturated rings. The van der Waals surface area contributed by atoms with Crippen LogP contribution < -0.4 is 0 Å². The van der Waals surface area contributed by atoms with Gasteiger partial charge in [0, 0.05) is 0 Å². The van der Waals surface area contributed by atoms with Crippen molar-refractivity contribution < 1.29 is 30.0 Å². The molecule has 0 saturated heterocycles. The van der Waals surface area contributed by atoms with Crippen molar-refractivity contribution in [3.63, 3.8) is 0 Å². The quantitative estimate of drug-likeness (QED) is 0.241. The van der Waals surface area contributed by atoms with Gasteiger partial charge < -0.3 is 20.4 Å². The molecule has 0 amide bonds. The number of carboxylic acid groups (broad SMARTS) is 4. The molecule has 0 radical (unpaired) electrons. The van der Waals surface area contributed by atoms with Crippen LogP contribution in [0.25, 0.3) is 0 Å². The Morgan fingerprint density at radius 3 is 0.263 bits per heavy atom. The van der Waals surface area contributed by atoms with E-state index in [2.05, 4.69) is 0 Å². The van der Waals surface area contributed by atoms with Crippen LogP contribution in [0.4, 0.5) is 9.59 Å². The Morgan fingerprint density at radius 1 is 0.211 bits per heavy atom. The Bertz CT molecular complexity index is 302. The van der Waals surface area contributed by atoms with Crippen LogP contribution in [0.2, 0.25) is 0 Å². The molecule has 0 aromatic rings. The van der Waals surface area contributed by atoms with Crippen LogP contribution >= 0.6 is 0 Å². The van der Waals surface area contributed by atoms with Gasteiger partial charge in [0.25, 0.3) is 0 Å². The summed E-state index contributed by atoms with van der Waals surface area (Å²) < 4.78 is 0. The highest BCUT2D eigenvalue weighted by Crippen LogP contribution is 2.17. The van der Waals surface area contributed by atoms with Crippen molar-refractivity contribution in [3.8, 4) is 0 Å². The molecule has 0 unspecified atom stereocenters. The van der Waals surface area contributed by atoms with Gasteiger partial charge in [0.15, 0.2) is 0 Å². The van der Waals surface area contributed by atoms with E-state index < -0.39 is 12.3 Å². The van der Waals surface area contributed by atoms with Crippen LogP contribution in [0.5, 0.6) is 0 Å². The van der Waals surface area contributed by atoms with E-state index in [4.69, 9.17) is 30.0 Å². The van der Waals surface area contributed by atoms with Gasteiger partial charge in [0.2, 0.25) is 0 Å². The molecule has 0 spiro atoms. The Morgan fingerprint density at radius 2 is 0.237 bits per heavy atom. The van der Waals surface area contributed by atoms with Crippen LogP contribution in [-0.2, 0) is 0 Å². The second-order valence-electron chi connectivity index (χ2n) is 11.2. The predicted octanol–water partition coefficient (Wildman–Crippen LogP) is 12.1. The lowest BCUT2D eigenvalue weighted by Crippen LogP contribution is -1.85. The number of hydrogen-bond acceptors (Lipinski definition) is 2. The smallest absolute Gasteiger partial charge is 0.450 e. The fraction of sp³-hybridized carbons (Fsp3) is 0.938. The lowest BCUT2D eigenvalue weighted by molar-refractivity contribution is 0.135. The first kappa shape index (κ1) is 38.7. The minimum Gasteiger partial charge on any atom is -0.450 e. The highest BCUT2D eigenvalue weighted by molar-refractivity contribution is 5.53. The maximum atomic E-state index is 8.56. The Kier molecular flexibility index (Phi) is 36.2. The molecule has 6 heteroatoms. The summed E-state index contributed by atoms with van der Waals surface area (Å²) in [6.45, 7) is 0. The maximum absolute atomic E-state index is 8.56. The monoisotopic (exact) mass is 544 g/mol. The van der Waals surface area contributed by atoms with E-state index in [-0.39, 0.29) is 0 Å². The summed E-state index contributed by atoms with van der Waals surface area (Å²) in [6, 6.07) is 0. The summed E-state index contributed by atoms with van der Waals surface area (Å²) in [5, 5.41) is 27.9. The van der Waals surface area contributed by atoms with Crippen molar-refractivity contribution >= 4 is 12.3 Å². The molecular weight excluding hydrogens is 480 g/mol. The highest BCUT2D eigenvalue weighted by atomic mass is 16.6. The van der Waals surface area contributed by atoms with Crippen molar-refractivity contribution in [2.75, 3.05) is 0 Å². The third-order valence-corrected chi connectivity index (χ3v) is 7.50. The minimum atomic E-state index is -1.83. The van der Waals surface area contributed by atoms with Crippen LogP contribution in [-0.4, -0.2) is 32.7 Å². The highest BCUT2D eigenvalue weighted by Gasteiger charge is 1.97. The van der Waals surface area contributed by atoms with Gasteiger partial charge in [0.1, 0.15) is 0 Å². The molecule has 0 bridgehead atoms. The van der Waals surface area contributed by atoms with Gasteiger partial charge in [-0.2, -0.15) is 0 Å². The summed E-state index contributed by atoms with van der Waals surface area (Å²) in [5.41, 5.74) is 0. The molecule has 3 aliphatic rings. The van der Waals surface area contributed by atoms with Crippen molar-refractivity contribution in [3.05, 3.63) is 0 Å². The van der Waals surface area contributed by atoms with Crippen LogP contribution in [0.15, 0.2) is 0 Å². The molecule has 0 atom stereocenters. The molecular formula is C32H64O6. The standard InChI is InChI=1S/3C10H20.2CH2O3/c3*1-2-4-6-8-10-9-7-5-3-1;2*2-1(3)4/h3*1-10H2;2*(H2,2,3,4). The zero-order valence-electron chi connectivity index (χ0n) is 24.8. The van der Waals surface area contributed by atoms with E-state index >= 15 is 0 Å². The van der Waals surface area contributed by atoms with Gasteiger partial charge in [-0.25, -0.2) is 9.59 Å². The molecule has 0 aromatic carbocycles. The van der Waals surface area contributed by atoms with E-state index in [9.17, 15) is 0 Å². The summed E-state index contributed by atoms with van der Waals surface area (Å²) in [7, 11) is 0. The molecule has 4 N–H and O–H groups in total. The average Bonchev–Trinajstić information content (AvgIpc) is 2.90. The van der Waals surface area contributed by atoms with E-state index in [1.54, 1.807) is 0 Å². The van der Waals surface area contributed by atoms with Crippen molar-refractivity contribution in [2.24, 2.45) is 0 Å². The first-order valence-electron chi connectivity index (χ1n) is 16.3. The van der Waals surface area contributed by atoms with E-state index in [1.165, 1.54) is 193 Å². The fourth-order valence-electron chi connectivity index (χ4n) is 5.30. The first-order chi connectivity index (χ1) is 18.5. The summed E-state index contributed by atoms with van der Waals surface area (Å²) in [6.07, 6.45) is 41.3.